The summed E-state index contributed by atoms with van der Waals surface area (Å²) in [6, 6.07) is -4.00. The molecule has 0 aromatic carbocycles. The number of amides is 3. The summed E-state index contributed by atoms with van der Waals surface area (Å²) in [6.45, 7) is 8.83. The molecule has 0 saturated carbocycles. The fourth-order valence-corrected chi connectivity index (χ4v) is 3.51. The number of nitrogens with one attached hydrogen (secondary N) is 2. The van der Waals surface area contributed by atoms with Gasteiger partial charge in [-0.3, -0.25) is 14.4 Å². The molecule has 5 atom stereocenters. The maximum Gasteiger partial charge on any atom is 0.326 e. The molecule has 0 spiro atoms. The highest BCUT2D eigenvalue weighted by Gasteiger charge is 2.40. The third kappa shape index (κ3) is 6.94. The van der Waals surface area contributed by atoms with Gasteiger partial charge in [0.05, 0.1) is 12.1 Å². The summed E-state index contributed by atoms with van der Waals surface area (Å²) in [4.78, 5) is 50.8. The van der Waals surface area contributed by atoms with Gasteiger partial charge in [-0.2, -0.15) is 0 Å². The fraction of sp³-hybridized carbons (Fsp3) is 0.800. The van der Waals surface area contributed by atoms with E-state index in [9.17, 15) is 29.4 Å². The van der Waals surface area contributed by atoms with E-state index >= 15 is 0 Å². The maximum atomic E-state index is 13.0. The van der Waals surface area contributed by atoms with Crippen LogP contribution in [0.25, 0.3) is 0 Å². The second kappa shape index (κ2) is 11.3. The lowest BCUT2D eigenvalue weighted by molar-refractivity contribution is -0.146. The zero-order valence-electron chi connectivity index (χ0n) is 18.4. The molecule has 1 saturated heterocycles. The number of nitrogens with zero attached hydrogens (tertiary/aromatic N) is 1. The van der Waals surface area contributed by atoms with Crippen molar-refractivity contribution in [2.24, 2.45) is 17.6 Å². The highest BCUT2D eigenvalue weighted by atomic mass is 16.4. The number of carbonyl (C=O) groups excluding carboxylic acids is 3. The van der Waals surface area contributed by atoms with Gasteiger partial charge in [0.25, 0.3) is 0 Å². The molecule has 5 unspecified atom stereocenters. The van der Waals surface area contributed by atoms with E-state index in [2.05, 4.69) is 10.6 Å². The molecule has 1 fully saturated rings. The van der Waals surface area contributed by atoms with E-state index in [4.69, 9.17) is 5.73 Å². The molecule has 6 N–H and O–H groups in total. The number of carbonyl (C=O) groups is 4. The molecule has 1 heterocycles. The third-order valence-electron chi connectivity index (χ3n) is 5.18. The van der Waals surface area contributed by atoms with Crippen LogP contribution >= 0.6 is 0 Å². The smallest absolute Gasteiger partial charge is 0.326 e. The molecule has 172 valence electrons. The van der Waals surface area contributed by atoms with E-state index in [1.807, 2.05) is 13.8 Å². The Balaban J connectivity index is 2.92. The molecule has 0 aromatic heterocycles. The number of aliphatic hydroxyl groups is 1. The molecule has 1 aliphatic heterocycles. The molecule has 0 bridgehead atoms. The monoisotopic (exact) mass is 428 g/mol. The van der Waals surface area contributed by atoms with Crippen molar-refractivity contribution in [1.29, 1.82) is 0 Å². The van der Waals surface area contributed by atoms with Crippen LogP contribution in [0.5, 0.6) is 0 Å². The molecule has 0 aromatic rings. The third-order valence-corrected chi connectivity index (χ3v) is 5.18. The van der Waals surface area contributed by atoms with Crippen LogP contribution in [-0.4, -0.2) is 75.6 Å². The minimum absolute atomic E-state index is 0.182. The summed E-state index contributed by atoms with van der Waals surface area (Å²) >= 11 is 0. The zero-order chi connectivity index (χ0) is 23.2. The van der Waals surface area contributed by atoms with Crippen molar-refractivity contribution in [3.05, 3.63) is 0 Å². The van der Waals surface area contributed by atoms with Gasteiger partial charge in [0.15, 0.2) is 0 Å². The predicted octanol–water partition coefficient (Wildman–Crippen LogP) is -0.558. The minimum atomic E-state index is -1.25. The number of aliphatic hydroxyl groups excluding tert-OH is 1. The number of aliphatic carboxylic acids is 1. The maximum absolute atomic E-state index is 13.0. The van der Waals surface area contributed by atoms with E-state index in [0.29, 0.717) is 19.3 Å². The first-order chi connectivity index (χ1) is 13.9. The molecule has 3 amide bonds. The number of hydrogen-bond acceptors (Lipinski definition) is 6. The van der Waals surface area contributed by atoms with Crippen LogP contribution in [-0.2, 0) is 19.2 Å². The van der Waals surface area contributed by atoms with E-state index < -0.39 is 54.0 Å². The van der Waals surface area contributed by atoms with E-state index in [1.54, 1.807) is 13.8 Å². The first-order valence-electron chi connectivity index (χ1n) is 10.4. The first-order valence-corrected chi connectivity index (χ1v) is 10.4. The number of rotatable bonds is 10. The van der Waals surface area contributed by atoms with Crippen LogP contribution in [0.15, 0.2) is 0 Å². The van der Waals surface area contributed by atoms with Gasteiger partial charge in [-0.15, -0.1) is 0 Å². The van der Waals surface area contributed by atoms with Gasteiger partial charge < -0.3 is 31.5 Å². The van der Waals surface area contributed by atoms with Crippen molar-refractivity contribution >= 4 is 23.7 Å². The van der Waals surface area contributed by atoms with Crippen molar-refractivity contribution in [1.82, 2.24) is 15.5 Å². The van der Waals surface area contributed by atoms with Gasteiger partial charge in [0.1, 0.15) is 18.1 Å². The molecule has 10 heteroatoms. The highest BCUT2D eigenvalue weighted by molar-refractivity contribution is 5.94. The Kier molecular flexibility index (Phi) is 9.70. The summed E-state index contributed by atoms with van der Waals surface area (Å²) in [6.07, 6.45) is 0.151. The van der Waals surface area contributed by atoms with Gasteiger partial charge >= 0.3 is 5.97 Å². The summed E-state index contributed by atoms with van der Waals surface area (Å²) in [5.74, 6) is -3.00. The van der Waals surface area contributed by atoms with Crippen LogP contribution in [0.2, 0.25) is 0 Å². The number of nitrogens with two attached hydrogens (primary N) is 1. The largest absolute Gasteiger partial charge is 0.480 e. The van der Waals surface area contributed by atoms with Gasteiger partial charge in [-0.1, -0.05) is 27.7 Å². The first kappa shape index (κ1) is 25.8. The molecular weight excluding hydrogens is 392 g/mol. The second-order valence-electron chi connectivity index (χ2n) is 8.72. The highest BCUT2D eigenvalue weighted by Crippen LogP contribution is 2.20. The normalized spacial score (nSPS) is 20.6. The Morgan fingerprint density at radius 3 is 2.13 bits per heavy atom. The summed E-state index contributed by atoms with van der Waals surface area (Å²) in [5.41, 5.74) is 5.87. The molecule has 0 aliphatic carbocycles. The van der Waals surface area contributed by atoms with Gasteiger partial charge in [-0.05, 0) is 38.0 Å². The number of carboxylic acid groups (broad SMARTS) is 1. The zero-order valence-corrected chi connectivity index (χ0v) is 18.4. The number of carboxylic acids is 1. The summed E-state index contributed by atoms with van der Waals surface area (Å²) < 4.78 is 0. The van der Waals surface area contributed by atoms with Crippen LogP contribution in [0, 0.1) is 11.8 Å². The molecule has 1 rings (SSSR count). The lowest BCUT2D eigenvalue weighted by atomic mass is 10.0. The lowest BCUT2D eigenvalue weighted by Crippen LogP contribution is -2.59. The van der Waals surface area contributed by atoms with Gasteiger partial charge in [-0.25, -0.2) is 4.79 Å². The average molecular weight is 429 g/mol. The Hall–Kier alpha value is -2.20. The van der Waals surface area contributed by atoms with Crippen LogP contribution in [0.3, 0.4) is 0 Å². The van der Waals surface area contributed by atoms with Crippen molar-refractivity contribution < 1.29 is 29.4 Å². The summed E-state index contributed by atoms with van der Waals surface area (Å²) in [5, 5.41) is 24.4. The number of hydrogen-bond donors (Lipinski definition) is 5. The van der Waals surface area contributed by atoms with E-state index in [-0.39, 0.29) is 18.4 Å². The predicted molar refractivity (Wildman–Crippen MR) is 110 cm³/mol. The molecule has 30 heavy (non-hydrogen) atoms. The molecular formula is C20H36N4O6. The Morgan fingerprint density at radius 1 is 1.07 bits per heavy atom. The van der Waals surface area contributed by atoms with Gasteiger partial charge in [0.2, 0.25) is 17.7 Å². The summed E-state index contributed by atoms with van der Waals surface area (Å²) in [7, 11) is 0. The van der Waals surface area contributed by atoms with Crippen LogP contribution in [0.1, 0.15) is 53.9 Å². The average Bonchev–Trinajstić information content (AvgIpc) is 3.11. The van der Waals surface area contributed by atoms with Crippen molar-refractivity contribution in [3.8, 4) is 0 Å². The molecule has 10 nitrogen and oxygen atoms in total. The topological polar surface area (TPSA) is 162 Å². The van der Waals surface area contributed by atoms with E-state index in [0.717, 1.165) is 0 Å². The van der Waals surface area contributed by atoms with Crippen LogP contribution in [0.4, 0.5) is 0 Å². The molecule has 1 aliphatic rings. The fourth-order valence-electron chi connectivity index (χ4n) is 3.51. The van der Waals surface area contributed by atoms with Crippen molar-refractivity contribution in [2.75, 3.05) is 6.54 Å². The van der Waals surface area contributed by atoms with E-state index in [1.165, 1.54) is 11.8 Å². The van der Waals surface area contributed by atoms with Crippen LogP contribution < -0.4 is 16.4 Å². The van der Waals surface area contributed by atoms with Crippen molar-refractivity contribution in [3.63, 3.8) is 0 Å². The quantitative estimate of drug-likeness (QED) is 0.311. The minimum Gasteiger partial charge on any atom is -0.480 e. The van der Waals surface area contributed by atoms with Crippen molar-refractivity contribution in [2.45, 2.75) is 84.2 Å². The second-order valence-corrected chi connectivity index (χ2v) is 8.72. The lowest BCUT2D eigenvalue weighted by Gasteiger charge is -2.31. The SMILES string of the molecule is CC(C)CC(N)C(=O)NC(C(=O)N1CCCC1C(=O)NC(C(=O)O)C(C)C)C(C)O. The molecule has 0 radical (unpaired) electrons. The van der Waals surface area contributed by atoms with Gasteiger partial charge in [0, 0.05) is 6.54 Å². The Labute approximate surface area is 177 Å². The Bertz CT molecular complexity index is 637. The Morgan fingerprint density at radius 2 is 1.67 bits per heavy atom. The standard InChI is InChI=1S/C20H36N4O6/c1-10(2)9-13(21)17(26)23-16(12(5)25)19(28)24-8-6-7-14(24)18(27)22-15(11(3)4)20(29)30/h10-16,25H,6-9,21H2,1-5H3,(H,22,27)(H,23,26)(H,29,30). The number of likely N-dealkylation sites (tertiary alicyclic amines) is 1.